The fourth-order valence-electron chi connectivity index (χ4n) is 3.22. The summed E-state index contributed by atoms with van der Waals surface area (Å²) in [6.07, 6.45) is 1.68. The van der Waals surface area contributed by atoms with Gasteiger partial charge in [-0.2, -0.15) is 0 Å². The molecule has 1 saturated heterocycles. The Morgan fingerprint density at radius 1 is 1.28 bits per heavy atom. The smallest absolute Gasteiger partial charge is 0.480 e. The van der Waals surface area contributed by atoms with Gasteiger partial charge in [0.2, 0.25) is 5.91 Å². The van der Waals surface area contributed by atoms with Crippen molar-refractivity contribution in [2.75, 3.05) is 6.54 Å². The predicted molar refractivity (Wildman–Crippen MR) is 115 cm³/mol. The molecule has 1 aliphatic heterocycles. The Balaban J connectivity index is 1.89. The zero-order chi connectivity index (χ0) is 23.9. The lowest BCUT2D eigenvalue weighted by Gasteiger charge is -2.19. The molecule has 178 valence electrons. The van der Waals surface area contributed by atoms with E-state index in [-0.39, 0.29) is 24.5 Å². The summed E-state index contributed by atoms with van der Waals surface area (Å²) in [6.45, 7) is 4.33. The lowest BCUT2D eigenvalue weighted by atomic mass is 10.0. The van der Waals surface area contributed by atoms with Crippen LogP contribution in [-0.2, 0) is 29.9 Å². The Bertz CT molecular complexity index is 855. The number of carboxylic acids is 1. The highest BCUT2D eigenvalue weighted by atomic mass is 31.2. The Morgan fingerprint density at radius 3 is 2.47 bits per heavy atom. The van der Waals surface area contributed by atoms with Crippen LogP contribution in [0.25, 0.3) is 0 Å². The summed E-state index contributed by atoms with van der Waals surface area (Å²) in [6, 6.07) is 3.18. The van der Waals surface area contributed by atoms with Gasteiger partial charge in [-0.05, 0) is 55.8 Å². The minimum atomic E-state index is -4.65. The van der Waals surface area contributed by atoms with E-state index in [2.05, 4.69) is 15.2 Å². The third-order valence-electron chi connectivity index (χ3n) is 4.81. The number of carbonyl (C=O) groups is 3. The molecule has 0 aromatic heterocycles. The molecule has 1 unspecified atom stereocenters. The summed E-state index contributed by atoms with van der Waals surface area (Å²) in [5.74, 6) is -2.49. The van der Waals surface area contributed by atoms with E-state index in [0.717, 1.165) is 6.42 Å². The molecule has 1 amide bonds. The van der Waals surface area contributed by atoms with Crippen LogP contribution in [0.1, 0.15) is 38.7 Å². The van der Waals surface area contributed by atoms with E-state index in [9.17, 15) is 28.9 Å². The van der Waals surface area contributed by atoms with Crippen LogP contribution in [0.5, 0.6) is 5.75 Å². The van der Waals surface area contributed by atoms with Crippen molar-refractivity contribution >= 4 is 25.7 Å². The average Bonchev–Trinajstić information content (AvgIpc) is 3.23. The number of hydrogen-bond donors (Lipinski definition) is 5. The van der Waals surface area contributed by atoms with E-state index in [0.29, 0.717) is 18.5 Å². The Labute approximate surface area is 186 Å². The molecule has 1 fully saturated rings. The topological polar surface area (TPSA) is 177 Å². The number of aliphatic carboxylic acids is 1. The summed E-state index contributed by atoms with van der Waals surface area (Å²) >= 11 is 0. The van der Waals surface area contributed by atoms with E-state index >= 15 is 0 Å². The van der Waals surface area contributed by atoms with Crippen molar-refractivity contribution in [2.24, 2.45) is 11.7 Å². The third kappa shape index (κ3) is 8.23. The summed E-state index contributed by atoms with van der Waals surface area (Å²) in [5, 5.41) is 14.5. The molecule has 1 aromatic carbocycles. The largest absolute Gasteiger partial charge is 0.587 e. The second-order valence-electron chi connectivity index (χ2n) is 8.10. The highest BCUT2D eigenvalue weighted by Gasteiger charge is 2.33. The minimum absolute atomic E-state index is 0.00679. The monoisotopic (exact) mass is 471 g/mol. The number of nitrogens with one attached hydrogen (secondary N) is 2. The van der Waals surface area contributed by atoms with Gasteiger partial charge in [-0.1, -0.05) is 26.0 Å². The lowest BCUT2D eigenvalue weighted by Crippen LogP contribution is -2.49. The SMILES string of the molecule is CC(C)C[C@H](NC(=O)[C@@H](N)Cc1ccc(OP(=O)(O)OC(=O)[C@@H]2CCCN2)cc1)C(=O)O. The average molecular weight is 471 g/mol. The number of nitrogens with two attached hydrogens (primary N) is 1. The number of carbonyl (C=O) groups excluding carboxylic acids is 2. The molecule has 0 aliphatic carbocycles. The Kier molecular flexibility index (Phi) is 9.21. The number of phosphoric ester groups is 1. The van der Waals surface area contributed by atoms with Crippen LogP contribution in [0.4, 0.5) is 0 Å². The van der Waals surface area contributed by atoms with Crippen LogP contribution < -0.4 is 20.9 Å². The summed E-state index contributed by atoms with van der Waals surface area (Å²) in [4.78, 5) is 45.3. The molecule has 0 spiro atoms. The van der Waals surface area contributed by atoms with Crippen molar-refractivity contribution in [3.8, 4) is 5.75 Å². The Morgan fingerprint density at radius 2 is 1.94 bits per heavy atom. The van der Waals surface area contributed by atoms with Gasteiger partial charge in [0, 0.05) is 0 Å². The normalized spacial score (nSPS) is 19.6. The summed E-state index contributed by atoms with van der Waals surface area (Å²) in [7, 11) is -4.65. The van der Waals surface area contributed by atoms with Gasteiger partial charge < -0.3 is 30.5 Å². The fraction of sp³-hybridized carbons (Fsp3) is 0.550. The molecule has 11 nitrogen and oxygen atoms in total. The molecule has 0 saturated carbocycles. The predicted octanol–water partition coefficient (Wildman–Crippen LogP) is 0.946. The first-order valence-corrected chi connectivity index (χ1v) is 11.8. The number of amides is 1. The van der Waals surface area contributed by atoms with Crippen molar-refractivity contribution in [3.63, 3.8) is 0 Å². The van der Waals surface area contributed by atoms with Gasteiger partial charge in [-0.25, -0.2) is 14.2 Å². The Hall–Kier alpha value is -2.46. The number of phosphoric acid groups is 1. The molecule has 0 bridgehead atoms. The van der Waals surface area contributed by atoms with Crippen LogP contribution in [-0.4, -0.2) is 52.5 Å². The van der Waals surface area contributed by atoms with Crippen molar-refractivity contribution < 1.29 is 38.0 Å². The molecule has 12 heteroatoms. The molecule has 6 N–H and O–H groups in total. The molecular weight excluding hydrogens is 441 g/mol. The van der Waals surface area contributed by atoms with Gasteiger partial charge in [-0.15, -0.1) is 0 Å². The molecule has 32 heavy (non-hydrogen) atoms. The van der Waals surface area contributed by atoms with E-state index in [4.69, 9.17) is 10.3 Å². The lowest BCUT2D eigenvalue weighted by molar-refractivity contribution is -0.142. The maximum absolute atomic E-state index is 12.3. The molecule has 4 atom stereocenters. The van der Waals surface area contributed by atoms with E-state index in [1.807, 2.05) is 13.8 Å². The van der Waals surface area contributed by atoms with E-state index in [1.165, 1.54) is 24.3 Å². The van der Waals surface area contributed by atoms with Crippen molar-refractivity contribution in [3.05, 3.63) is 29.8 Å². The molecule has 2 rings (SSSR count). The van der Waals surface area contributed by atoms with E-state index < -0.39 is 43.8 Å². The van der Waals surface area contributed by atoms with Crippen LogP contribution in [0.2, 0.25) is 0 Å². The van der Waals surface area contributed by atoms with Gasteiger partial charge in [-0.3, -0.25) is 9.69 Å². The zero-order valence-corrected chi connectivity index (χ0v) is 18.9. The standard InChI is InChI=1S/C20H30N3O8P/c1-12(2)10-17(19(25)26)23-18(24)15(21)11-13-5-7-14(8-6-13)30-32(28,29)31-20(27)16-4-3-9-22-16/h5-8,12,15-17,22H,3-4,9-11,21H2,1-2H3,(H,23,24)(H,25,26)(H,28,29)/t15-,16-,17-/m0/s1. The van der Waals surface area contributed by atoms with Gasteiger partial charge in [0.1, 0.15) is 17.8 Å². The highest BCUT2D eigenvalue weighted by Crippen LogP contribution is 2.44. The first-order chi connectivity index (χ1) is 15.0. The number of rotatable bonds is 11. The maximum atomic E-state index is 12.3. The van der Waals surface area contributed by atoms with Crippen molar-refractivity contribution in [1.29, 1.82) is 0 Å². The second-order valence-corrected chi connectivity index (χ2v) is 9.40. The second kappa shape index (κ2) is 11.4. The summed E-state index contributed by atoms with van der Waals surface area (Å²) in [5.41, 5.74) is 6.52. The van der Waals surface area contributed by atoms with Gasteiger partial charge in [0.25, 0.3) is 0 Å². The van der Waals surface area contributed by atoms with Gasteiger partial charge in [0.05, 0.1) is 6.04 Å². The zero-order valence-electron chi connectivity index (χ0n) is 18.0. The van der Waals surface area contributed by atoms with E-state index in [1.54, 1.807) is 0 Å². The first-order valence-electron chi connectivity index (χ1n) is 10.3. The summed E-state index contributed by atoms with van der Waals surface area (Å²) < 4.78 is 21.6. The highest BCUT2D eigenvalue weighted by molar-refractivity contribution is 7.48. The maximum Gasteiger partial charge on any atom is 0.587 e. The third-order valence-corrected chi connectivity index (χ3v) is 5.66. The number of benzene rings is 1. The van der Waals surface area contributed by atoms with Crippen LogP contribution in [0.3, 0.4) is 0 Å². The number of hydrogen-bond acceptors (Lipinski definition) is 8. The van der Waals surface area contributed by atoms with Crippen LogP contribution >= 0.6 is 7.82 Å². The number of carboxylic acid groups (broad SMARTS) is 1. The molecule has 1 heterocycles. The van der Waals surface area contributed by atoms with Gasteiger partial charge in [0.15, 0.2) is 0 Å². The molecule has 0 radical (unpaired) electrons. The van der Waals surface area contributed by atoms with Crippen LogP contribution in [0, 0.1) is 5.92 Å². The quantitative estimate of drug-likeness (QED) is 0.292. The molecular formula is C20H30N3O8P. The molecule has 1 aromatic rings. The molecule has 1 aliphatic rings. The van der Waals surface area contributed by atoms with Crippen LogP contribution in [0.15, 0.2) is 24.3 Å². The first kappa shape index (κ1) is 25.8. The fourth-order valence-corrected chi connectivity index (χ4v) is 4.00. The van der Waals surface area contributed by atoms with Crippen molar-refractivity contribution in [2.45, 2.75) is 57.7 Å². The van der Waals surface area contributed by atoms with Crippen molar-refractivity contribution in [1.82, 2.24) is 10.6 Å². The minimum Gasteiger partial charge on any atom is -0.480 e. The van der Waals surface area contributed by atoms with Gasteiger partial charge >= 0.3 is 19.8 Å².